The Morgan fingerprint density at radius 3 is 2.40 bits per heavy atom. The van der Waals surface area contributed by atoms with E-state index in [9.17, 15) is 8.42 Å². The van der Waals surface area contributed by atoms with Crippen LogP contribution in [-0.4, -0.2) is 32.8 Å². The van der Waals surface area contributed by atoms with Crippen molar-refractivity contribution in [1.82, 2.24) is 14.9 Å². The van der Waals surface area contributed by atoms with Crippen molar-refractivity contribution in [3.63, 3.8) is 0 Å². The average Bonchev–Trinajstić information content (AvgIpc) is 3.12. The summed E-state index contributed by atoms with van der Waals surface area (Å²) in [5.41, 5.74) is 1.04. The second-order valence-corrected chi connectivity index (χ2v) is 7.28. The van der Waals surface area contributed by atoms with Gasteiger partial charge in [-0.05, 0) is 49.5 Å². The summed E-state index contributed by atoms with van der Waals surface area (Å²) in [5, 5.41) is 8.26. The zero-order valence-corrected chi connectivity index (χ0v) is 14.9. The molecule has 0 saturated heterocycles. The largest absolute Gasteiger partial charge is 0.497 e. The molecule has 0 aliphatic rings. The van der Waals surface area contributed by atoms with Crippen LogP contribution in [0.4, 0.5) is 0 Å². The number of methoxy groups -OCH3 is 1. The molecule has 1 N–H and O–H groups in total. The Hall–Kier alpha value is -2.42. The van der Waals surface area contributed by atoms with Crippen molar-refractivity contribution in [2.45, 2.75) is 4.90 Å². The Balaban J connectivity index is 2.00. The van der Waals surface area contributed by atoms with Crippen LogP contribution in [0.25, 0.3) is 22.9 Å². The third-order valence-electron chi connectivity index (χ3n) is 3.51. The predicted octanol–water partition coefficient (Wildman–Crippen LogP) is 2.97. The van der Waals surface area contributed by atoms with E-state index in [0.717, 1.165) is 0 Å². The van der Waals surface area contributed by atoms with E-state index in [2.05, 4.69) is 14.9 Å². The number of hydrogen-bond acceptors (Lipinski definition) is 6. The lowest BCUT2D eigenvalue weighted by Crippen LogP contribution is -2.18. The highest BCUT2D eigenvalue weighted by molar-refractivity contribution is 7.89. The second-order valence-electron chi connectivity index (χ2n) is 4.99. The molecule has 0 aliphatic carbocycles. The molecule has 1 heterocycles. The summed E-state index contributed by atoms with van der Waals surface area (Å²) in [7, 11) is -0.702. The van der Waals surface area contributed by atoms with Crippen LogP contribution in [0.2, 0.25) is 5.02 Å². The Morgan fingerprint density at radius 1 is 1.08 bits per heavy atom. The van der Waals surface area contributed by atoms with E-state index in [-0.39, 0.29) is 16.7 Å². The van der Waals surface area contributed by atoms with Gasteiger partial charge in [-0.15, -0.1) is 10.2 Å². The molecule has 0 amide bonds. The van der Waals surface area contributed by atoms with E-state index in [4.69, 9.17) is 20.8 Å². The quantitative estimate of drug-likeness (QED) is 0.732. The number of ether oxygens (including phenoxy) is 1. The molecule has 130 valence electrons. The lowest BCUT2D eigenvalue weighted by molar-refractivity contribution is 0.415. The maximum atomic E-state index is 12.0. The van der Waals surface area contributed by atoms with Crippen molar-refractivity contribution in [2.75, 3.05) is 14.2 Å². The molecule has 25 heavy (non-hydrogen) atoms. The fourth-order valence-electron chi connectivity index (χ4n) is 2.14. The first-order valence-corrected chi connectivity index (χ1v) is 9.02. The van der Waals surface area contributed by atoms with Gasteiger partial charge < -0.3 is 9.15 Å². The first kappa shape index (κ1) is 17.4. The fourth-order valence-corrected chi connectivity index (χ4v) is 3.09. The first-order valence-electron chi connectivity index (χ1n) is 7.16. The van der Waals surface area contributed by atoms with Crippen molar-refractivity contribution in [2.24, 2.45) is 0 Å². The summed E-state index contributed by atoms with van der Waals surface area (Å²) in [6, 6.07) is 11.4. The lowest BCUT2D eigenvalue weighted by atomic mass is 10.2. The van der Waals surface area contributed by atoms with Gasteiger partial charge in [0.1, 0.15) is 5.75 Å². The van der Waals surface area contributed by atoms with E-state index in [1.807, 2.05) is 0 Å². The summed E-state index contributed by atoms with van der Waals surface area (Å²) in [6.07, 6.45) is 0. The molecule has 0 unspecified atom stereocenters. The first-order chi connectivity index (χ1) is 11.9. The van der Waals surface area contributed by atoms with Gasteiger partial charge in [-0.3, -0.25) is 0 Å². The van der Waals surface area contributed by atoms with Crippen molar-refractivity contribution < 1.29 is 17.6 Å². The van der Waals surface area contributed by atoms with E-state index < -0.39 is 10.0 Å². The Bertz CT molecular complexity index is 1000. The molecule has 0 atom stereocenters. The third-order valence-corrected chi connectivity index (χ3v) is 5.25. The number of halogens is 1. The maximum absolute atomic E-state index is 12.0. The highest BCUT2D eigenvalue weighted by Crippen LogP contribution is 2.31. The van der Waals surface area contributed by atoms with E-state index in [1.165, 1.54) is 25.2 Å². The number of nitrogens with zero attached hydrogens (tertiary/aromatic N) is 2. The molecular weight excluding hydrogens is 366 g/mol. The number of aromatic nitrogens is 2. The Labute approximate surface area is 149 Å². The molecule has 0 saturated carbocycles. The third kappa shape index (κ3) is 3.51. The lowest BCUT2D eigenvalue weighted by Gasteiger charge is -2.05. The van der Waals surface area contributed by atoms with Gasteiger partial charge in [-0.2, -0.15) is 0 Å². The van der Waals surface area contributed by atoms with Gasteiger partial charge in [-0.25, -0.2) is 13.1 Å². The van der Waals surface area contributed by atoms with Gasteiger partial charge in [0.05, 0.1) is 22.6 Å². The van der Waals surface area contributed by atoms with E-state index in [0.29, 0.717) is 21.9 Å². The standard InChI is InChI=1S/C16H14ClN3O4S/c1-18-25(21,22)12-7-8-14(17)13(9-12)16-20-19-15(24-16)10-3-5-11(23-2)6-4-10/h3-9,18H,1-2H3. The molecule has 0 aliphatic heterocycles. The van der Waals surface area contributed by atoms with Crippen LogP contribution in [0.3, 0.4) is 0 Å². The van der Waals surface area contributed by atoms with Gasteiger partial charge in [0, 0.05) is 5.56 Å². The van der Waals surface area contributed by atoms with Gasteiger partial charge >= 0.3 is 0 Å². The van der Waals surface area contributed by atoms with E-state index in [1.54, 1.807) is 31.4 Å². The zero-order valence-electron chi connectivity index (χ0n) is 13.4. The monoisotopic (exact) mass is 379 g/mol. The normalized spacial score (nSPS) is 11.5. The molecular formula is C16H14ClN3O4S. The topological polar surface area (TPSA) is 94.3 Å². The number of rotatable bonds is 5. The minimum Gasteiger partial charge on any atom is -0.497 e. The SMILES string of the molecule is CNS(=O)(=O)c1ccc(Cl)c(-c2nnc(-c3ccc(OC)cc3)o2)c1. The van der Waals surface area contributed by atoms with Crippen molar-refractivity contribution in [1.29, 1.82) is 0 Å². The number of nitrogens with one attached hydrogen (secondary N) is 1. The highest BCUT2D eigenvalue weighted by atomic mass is 35.5. The van der Waals surface area contributed by atoms with Crippen molar-refractivity contribution in [3.05, 3.63) is 47.5 Å². The van der Waals surface area contributed by atoms with Crippen LogP contribution < -0.4 is 9.46 Å². The highest BCUT2D eigenvalue weighted by Gasteiger charge is 2.18. The van der Waals surface area contributed by atoms with Gasteiger partial charge in [-0.1, -0.05) is 11.6 Å². The van der Waals surface area contributed by atoms with Crippen LogP contribution in [-0.2, 0) is 10.0 Å². The molecule has 3 rings (SSSR count). The van der Waals surface area contributed by atoms with Gasteiger partial charge in [0.2, 0.25) is 21.8 Å². The maximum Gasteiger partial charge on any atom is 0.249 e. The summed E-state index contributed by atoms with van der Waals surface area (Å²) in [5.74, 6) is 1.12. The molecule has 2 aromatic carbocycles. The zero-order chi connectivity index (χ0) is 18.0. The number of sulfonamides is 1. The summed E-state index contributed by atoms with van der Waals surface area (Å²) in [6.45, 7) is 0. The smallest absolute Gasteiger partial charge is 0.249 e. The molecule has 0 radical (unpaired) electrons. The van der Waals surface area contributed by atoms with Gasteiger partial charge in [0.15, 0.2) is 0 Å². The van der Waals surface area contributed by atoms with Gasteiger partial charge in [0.25, 0.3) is 0 Å². The summed E-state index contributed by atoms with van der Waals surface area (Å²) >= 11 is 6.16. The van der Waals surface area contributed by atoms with Crippen LogP contribution in [0, 0.1) is 0 Å². The molecule has 0 spiro atoms. The van der Waals surface area contributed by atoms with Crippen molar-refractivity contribution in [3.8, 4) is 28.7 Å². The Kier molecular flexibility index (Phi) is 4.76. The minimum absolute atomic E-state index is 0.0543. The van der Waals surface area contributed by atoms with E-state index >= 15 is 0 Å². The molecule has 1 aromatic heterocycles. The summed E-state index contributed by atoms with van der Waals surface area (Å²) in [4.78, 5) is 0.0543. The average molecular weight is 380 g/mol. The molecule has 9 heteroatoms. The molecule has 3 aromatic rings. The summed E-state index contributed by atoms with van der Waals surface area (Å²) < 4.78 is 36.9. The second kappa shape index (κ2) is 6.83. The van der Waals surface area contributed by atoms with Crippen LogP contribution in [0.1, 0.15) is 0 Å². The number of hydrogen-bond donors (Lipinski definition) is 1. The molecule has 7 nitrogen and oxygen atoms in total. The Morgan fingerprint density at radius 2 is 1.76 bits per heavy atom. The van der Waals surface area contributed by atoms with Crippen molar-refractivity contribution >= 4 is 21.6 Å². The minimum atomic E-state index is -3.61. The van der Waals surface area contributed by atoms with Crippen LogP contribution in [0.15, 0.2) is 51.8 Å². The molecule has 0 bridgehead atoms. The van der Waals surface area contributed by atoms with Crippen LogP contribution >= 0.6 is 11.6 Å². The molecule has 0 fully saturated rings. The van der Waals surface area contributed by atoms with Crippen LogP contribution in [0.5, 0.6) is 5.75 Å². The fraction of sp³-hybridized carbons (Fsp3) is 0.125. The predicted molar refractivity (Wildman–Crippen MR) is 93.0 cm³/mol. The number of benzene rings is 2.